The van der Waals surface area contributed by atoms with Crippen molar-refractivity contribution >= 4 is 64.0 Å². The number of hydrogen-bond acceptors (Lipinski definition) is 7. The van der Waals surface area contributed by atoms with E-state index in [1.807, 2.05) is 0 Å². The van der Waals surface area contributed by atoms with E-state index in [1.165, 1.54) is 6.07 Å². The van der Waals surface area contributed by atoms with E-state index in [4.69, 9.17) is 17.3 Å². The van der Waals surface area contributed by atoms with E-state index in [2.05, 4.69) is 15.5 Å². The number of aromatic nitrogens is 2. The zero-order chi connectivity index (χ0) is 19.3. The molecule has 0 saturated carbocycles. The number of nitrogens with one attached hydrogen (secondary N) is 1. The number of nitrogens with two attached hydrogens (primary N) is 1. The summed E-state index contributed by atoms with van der Waals surface area (Å²) in [4.78, 5) is 22.6. The van der Waals surface area contributed by atoms with Crippen LogP contribution in [0.2, 0.25) is 5.02 Å². The van der Waals surface area contributed by atoms with Gasteiger partial charge in [0.05, 0.1) is 22.8 Å². The Bertz CT molecular complexity index is 816. The molecule has 0 aliphatic carbocycles. The van der Waals surface area contributed by atoms with E-state index < -0.39 is 23.6 Å². The van der Waals surface area contributed by atoms with Gasteiger partial charge in [-0.05, 0) is 18.2 Å². The van der Waals surface area contributed by atoms with Gasteiger partial charge in [-0.3, -0.25) is 9.59 Å². The molecule has 0 bridgehead atoms. The first-order valence-electron chi connectivity index (χ1n) is 6.69. The van der Waals surface area contributed by atoms with Crippen molar-refractivity contribution < 1.29 is 22.8 Å². The molecule has 13 heteroatoms. The van der Waals surface area contributed by atoms with Crippen LogP contribution in [0, 0.1) is 0 Å². The van der Waals surface area contributed by atoms with Crippen LogP contribution in [-0.2, 0) is 15.8 Å². The minimum Gasteiger partial charge on any atom is -0.369 e. The number of primary amides is 1. The monoisotopic (exact) mass is 442 g/mol. The predicted octanol–water partition coefficient (Wildman–Crippen LogP) is 3.52. The number of nitrogens with zero attached hydrogens (tertiary/aromatic N) is 2. The summed E-state index contributed by atoms with van der Waals surface area (Å²) in [5.41, 5.74) is 3.62. The standard InChI is InChI=1S/C13H10ClF3N4O2S3/c14-6-1-2-8(7(3-6)13(15,16)17)19-10(23)5-25-12-21-20-11(26-12)24-4-9(18)22/h1-3H,4-5H2,(H2,18,22)(H,19,23). The normalized spacial score (nSPS) is 11.4. The number of alkyl halides is 3. The van der Waals surface area contributed by atoms with Crippen LogP contribution in [0.5, 0.6) is 0 Å². The van der Waals surface area contributed by atoms with Gasteiger partial charge < -0.3 is 11.1 Å². The molecule has 1 aromatic heterocycles. The maximum absolute atomic E-state index is 13.0. The van der Waals surface area contributed by atoms with E-state index in [0.29, 0.717) is 8.68 Å². The van der Waals surface area contributed by atoms with Gasteiger partial charge in [0.2, 0.25) is 11.8 Å². The van der Waals surface area contributed by atoms with Crippen molar-refractivity contribution in [3.05, 3.63) is 28.8 Å². The number of halogens is 4. The van der Waals surface area contributed by atoms with Crippen molar-refractivity contribution in [2.24, 2.45) is 5.73 Å². The van der Waals surface area contributed by atoms with E-state index >= 15 is 0 Å². The average Bonchev–Trinajstić information content (AvgIpc) is 3.00. The second-order valence-electron chi connectivity index (χ2n) is 4.61. The van der Waals surface area contributed by atoms with Crippen LogP contribution >= 0.6 is 46.5 Å². The lowest BCUT2D eigenvalue weighted by Crippen LogP contribution is -2.18. The largest absolute Gasteiger partial charge is 0.418 e. The molecule has 0 unspecified atom stereocenters. The van der Waals surface area contributed by atoms with Crippen LogP contribution in [0.3, 0.4) is 0 Å². The van der Waals surface area contributed by atoms with Gasteiger partial charge in [-0.25, -0.2) is 0 Å². The molecule has 0 saturated heterocycles. The minimum absolute atomic E-state index is 0.0522. The first-order valence-corrected chi connectivity index (χ1v) is 9.85. The molecule has 1 heterocycles. The van der Waals surface area contributed by atoms with Crippen molar-refractivity contribution in [1.29, 1.82) is 0 Å². The van der Waals surface area contributed by atoms with Gasteiger partial charge in [0.25, 0.3) is 0 Å². The molecule has 0 fully saturated rings. The second kappa shape index (κ2) is 8.93. The molecule has 0 aliphatic heterocycles. The Labute approximate surface area is 163 Å². The summed E-state index contributed by atoms with van der Waals surface area (Å²) < 4.78 is 39.9. The van der Waals surface area contributed by atoms with Gasteiger partial charge in [0, 0.05) is 5.02 Å². The minimum atomic E-state index is -4.65. The van der Waals surface area contributed by atoms with Crippen molar-refractivity contribution in [2.45, 2.75) is 14.9 Å². The third kappa shape index (κ3) is 6.34. The van der Waals surface area contributed by atoms with Crippen LogP contribution in [0.15, 0.2) is 26.9 Å². The molecule has 1 aromatic carbocycles. The topological polar surface area (TPSA) is 98.0 Å². The van der Waals surface area contributed by atoms with Gasteiger partial charge in [-0.1, -0.05) is 46.5 Å². The molecule has 6 nitrogen and oxygen atoms in total. The summed E-state index contributed by atoms with van der Waals surface area (Å²) in [6, 6.07) is 3.10. The highest BCUT2D eigenvalue weighted by molar-refractivity contribution is 8.03. The molecule has 0 aliphatic rings. The Morgan fingerprint density at radius 2 is 1.81 bits per heavy atom. The van der Waals surface area contributed by atoms with Crippen LogP contribution in [0.25, 0.3) is 0 Å². The maximum Gasteiger partial charge on any atom is 0.418 e. The molecule has 2 amide bonds. The van der Waals surface area contributed by atoms with Crippen LogP contribution in [-0.4, -0.2) is 33.5 Å². The summed E-state index contributed by atoms with van der Waals surface area (Å²) in [7, 11) is 0. The first-order chi connectivity index (χ1) is 12.1. The van der Waals surface area contributed by atoms with Gasteiger partial charge >= 0.3 is 6.18 Å². The van der Waals surface area contributed by atoms with Crippen molar-refractivity contribution in [3.63, 3.8) is 0 Å². The van der Waals surface area contributed by atoms with Gasteiger partial charge in [-0.2, -0.15) is 13.2 Å². The summed E-state index contributed by atoms with van der Waals surface area (Å²) in [5.74, 6) is -1.24. The number of rotatable bonds is 7. The third-order valence-corrected chi connectivity index (χ3v) is 6.06. The Hall–Kier alpha value is -1.50. The van der Waals surface area contributed by atoms with E-state index in [9.17, 15) is 22.8 Å². The SMILES string of the molecule is NC(=O)CSc1nnc(SCC(=O)Nc2ccc(Cl)cc2C(F)(F)F)s1. The lowest BCUT2D eigenvalue weighted by molar-refractivity contribution is -0.137. The van der Waals surface area contributed by atoms with E-state index in [1.54, 1.807) is 0 Å². The molecular weight excluding hydrogens is 433 g/mol. The molecule has 26 heavy (non-hydrogen) atoms. The number of thioether (sulfide) groups is 2. The number of amides is 2. The van der Waals surface area contributed by atoms with Gasteiger partial charge in [0.15, 0.2) is 8.68 Å². The average molecular weight is 443 g/mol. The first kappa shape index (κ1) is 20.8. The molecule has 3 N–H and O–H groups in total. The highest BCUT2D eigenvalue weighted by Crippen LogP contribution is 2.36. The fraction of sp³-hybridized carbons (Fsp3) is 0.231. The Balaban J connectivity index is 1.95. The predicted molar refractivity (Wildman–Crippen MR) is 95.6 cm³/mol. The summed E-state index contributed by atoms with van der Waals surface area (Å²) >= 11 is 8.86. The van der Waals surface area contributed by atoms with Crippen LogP contribution < -0.4 is 11.1 Å². The van der Waals surface area contributed by atoms with Crippen LogP contribution in [0.1, 0.15) is 5.56 Å². The summed E-state index contributed by atoms with van der Waals surface area (Å²) in [5, 5.41) is 9.77. The zero-order valence-corrected chi connectivity index (χ0v) is 15.9. The Morgan fingerprint density at radius 3 is 2.38 bits per heavy atom. The molecular formula is C13H10ClF3N4O2S3. The van der Waals surface area contributed by atoms with E-state index in [0.717, 1.165) is 47.0 Å². The van der Waals surface area contributed by atoms with E-state index in [-0.39, 0.29) is 22.2 Å². The quantitative estimate of drug-likeness (QED) is 0.637. The lowest BCUT2D eigenvalue weighted by atomic mass is 10.1. The molecule has 0 radical (unpaired) electrons. The van der Waals surface area contributed by atoms with Gasteiger partial charge in [0.1, 0.15) is 0 Å². The smallest absolute Gasteiger partial charge is 0.369 e. The zero-order valence-electron chi connectivity index (χ0n) is 12.7. The number of carbonyl (C=O) groups excluding carboxylic acids is 2. The Kier molecular flexibility index (Phi) is 7.15. The Morgan fingerprint density at radius 1 is 1.19 bits per heavy atom. The lowest BCUT2D eigenvalue weighted by Gasteiger charge is -2.13. The fourth-order valence-electron chi connectivity index (χ4n) is 1.62. The molecule has 0 atom stereocenters. The van der Waals surface area contributed by atoms with Crippen LogP contribution in [0.4, 0.5) is 18.9 Å². The number of hydrogen-bond donors (Lipinski definition) is 2. The molecule has 140 valence electrons. The summed E-state index contributed by atoms with van der Waals surface area (Å²) in [6.07, 6.45) is -4.65. The number of benzene rings is 1. The third-order valence-electron chi connectivity index (χ3n) is 2.61. The number of carbonyl (C=O) groups is 2. The highest BCUT2D eigenvalue weighted by atomic mass is 35.5. The highest BCUT2D eigenvalue weighted by Gasteiger charge is 2.34. The number of anilines is 1. The molecule has 2 aromatic rings. The van der Waals surface area contributed by atoms with Crippen molar-refractivity contribution in [1.82, 2.24) is 10.2 Å². The molecule has 2 rings (SSSR count). The fourth-order valence-corrected chi connectivity index (χ4v) is 4.35. The molecule has 0 spiro atoms. The maximum atomic E-state index is 13.0. The van der Waals surface area contributed by atoms with Gasteiger partial charge in [-0.15, -0.1) is 10.2 Å². The second-order valence-corrected chi connectivity index (χ2v) is 8.47. The summed E-state index contributed by atoms with van der Waals surface area (Å²) in [6.45, 7) is 0. The van der Waals surface area contributed by atoms with Crippen molar-refractivity contribution in [2.75, 3.05) is 16.8 Å². The van der Waals surface area contributed by atoms with Crippen molar-refractivity contribution in [3.8, 4) is 0 Å².